The highest BCUT2D eigenvalue weighted by atomic mass is 19.3. The van der Waals surface area contributed by atoms with Crippen LogP contribution < -0.4 is 0 Å². The summed E-state index contributed by atoms with van der Waals surface area (Å²) in [7, 11) is 0. The molecule has 0 aliphatic carbocycles. The van der Waals surface area contributed by atoms with Gasteiger partial charge in [-0.25, -0.2) is 9.18 Å². The second-order valence-electron chi connectivity index (χ2n) is 1.58. The molecular formula is C6H5F3O3. The molecule has 12 heavy (non-hydrogen) atoms. The first kappa shape index (κ1) is 10.6. The quantitative estimate of drug-likeness (QED) is 0.481. The Morgan fingerprint density at radius 1 is 1.58 bits per heavy atom. The lowest BCUT2D eigenvalue weighted by Gasteiger charge is -2.09. The molecule has 0 aliphatic heterocycles. The summed E-state index contributed by atoms with van der Waals surface area (Å²) in [5.41, 5.74) is 0. The highest BCUT2D eigenvalue weighted by molar-refractivity contribution is 5.61. The zero-order valence-electron chi connectivity index (χ0n) is 6.07. The van der Waals surface area contributed by atoms with E-state index >= 15 is 0 Å². The summed E-state index contributed by atoms with van der Waals surface area (Å²) in [5, 5.41) is 0. The molecular weight excluding hydrogens is 177 g/mol. The van der Waals surface area contributed by atoms with Gasteiger partial charge in [-0.05, 0) is 0 Å². The van der Waals surface area contributed by atoms with Crippen LogP contribution in [0.5, 0.6) is 0 Å². The molecule has 68 valence electrons. The molecule has 0 aromatic rings. The van der Waals surface area contributed by atoms with E-state index < -0.39 is 18.9 Å². The highest BCUT2D eigenvalue weighted by Gasteiger charge is 2.34. The molecule has 0 saturated heterocycles. The van der Waals surface area contributed by atoms with E-state index in [1.807, 2.05) is 0 Å². The Balaban J connectivity index is 3.89. The fourth-order valence-corrected chi connectivity index (χ4v) is 0.263. The topological polar surface area (TPSA) is 35.5 Å². The summed E-state index contributed by atoms with van der Waals surface area (Å²) in [6.45, 7) is -0.776. The van der Waals surface area contributed by atoms with Crippen LogP contribution >= 0.6 is 0 Å². The average Bonchev–Trinajstić information content (AvgIpc) is 2.00. The molecule has 6 heteroatoms. The predicted molar refractivity (Wildman–Crippen MR) is 31.9 cm³/mol. The predicted octanol–water partition coefficient (Wildman–Crippen LogP) is 1.68. The van der Waals surface area contributed by atoms with Gasteiger partial charge in [0.15, 0.2) is 6.67 Å². The Morgan fingerprint density at radius 3 is 2.58 bits per heavy atom. The van der Waals surface area contributed by atoms with Crippen molar-refractivity contribution >= 4 is 6.16 Å². The summed E-state index contributed by atoms with van der Waals surface area (Å²) in [5.74, 6) is 2.09. The van der Waals surface area contributed by atoms with Crippen molar-refractivity contribution in [2.75, 3.05) is 6.67 Å². The van der Waals surface area contributed by atoms with E-state index in [0.29, 0.717) is 0 Å². The number of ether oxygens (including phenoxy) is 2. The monoisotopic (exact) mass is 182 g/mol. The number of hydrogen-bond acceptors (Lipinski definition) is 3. The van der Waals surface area contributed by atoms with Gasteiger partial charge in [-0.3, -0.25) is 0 Å². The molecule has 0 N–H and O–H groups in total. The van der Waals surface area contributed by atoms with Gasteiger partial charge in [0.2, 0.25) is 0 Å². The standard InChI is InChI=1S/C6H5F3O3/c1-2-3-11-5(10)12-6(8,9)4-7/h4H2,1H3. The summed E-state index contributed by atoms with van der Waals surface area (Å²) < 4.78 is 42.1. The number of alkyl halides is 3. The number of carbonyl (C=O) groups is 1. The van der Waals surface area contributed by atoms with Crippen LogP contribution in [0.2, 0.25) is 0 Å². The summed E-state index contributed by atoms with van der Waals surface area (Å²) >= 11 is 0. The van der Waals surface area contributed by atoms with E-state index in [2.05, 4.69) is 15.4 Å². The summed E-state index contributed by atoms with van der Waals surface area (Å²) in [4.78, 5) is 10.2. The van der Waals surface area contributed by atoms with Crippen molar-refractivity contribution in [3.63, 3.8) is 0 Å². The maximum absolute atomic E-state index is 11.9. The summed E-state index contributed by atoms with van der Waals surface area (Å²) in [6, 6.07) is 0. The summed E-state index contributed by atoms with van der Waals surface area (Å²) in [6.07, 6.45) is -4.16. The van der Waals surface area contributed by atoms with Crippen LogP contribution in [-0.2, 0) is 9.47 Å². The second kappa shape index (κ2) is 4.49. The first-order chi connectivity index (χ1) is 5.52. The molecule has 0 atom stereocenters. The number of hydrogen-bond donors (Lipinski definition) is 0. The van der Waals surface area contributed by atoms with Crippen LogP contribution in [0, 0.1) is 12.0 Å². The van der Waals surface area contributed by atoms with Crippen LogP contribution in [0.25, 0.3) is 0 Å². The fourth-order valence-electron chi connectivity index (χ4n) is 0.263. The SMILES string of the molecule is CC#COC(=O)OC(F)(F)CF. The van der Waals surface area contributed by atoms with Crippen molar-refractivity contribution in [1.82, 2.24) is 0 Å². The first-order valence-corrected chi connectivity index (χ1v) is 2.77. The molecule has 0 heterocycles. The van der Waals surface area contributed by atoms with E-state index in [9.17, 15) is 18.0 Å². The van der Waals surface area contributed by atoms with Gasteiger partial charge in [0.05, 0.1) is 0 Å². The smallest absolute Gasteiger partial charge is 0.365 e. The van der Waals surface area contributed by atoms with Gasteiger partial charge in [-0.1, -0.05) is 5.92 Å². The maximum Gasteiger partial charge on any atom is 0.527 e. The molecule has 0 aromatic heterocycles. The molecule has 0 amide bonds. The normalized spacial score (nSPS) is 9.67. The van der Waals surface area contributed by atoms with Crippen molar-refractivity contribution in [2.45, 2.75) is 13.0 Å². The second-order valence-corrected chi connectivity index (χ2v) is 1.58. The van der Waals surface area contributed by atoms with Crippen molar-refractivity contribution in [3.8, 4) is 12.0 Å². The first-order valence-electron chi connectivity index (χ1n) is 2.77. The lowest BCUT2D eigenvalue weighted by molar-refractivity contribution is -0.215. The molecule has 0 radical (unpaired) electrons. The third-order valence-electron chi connectivity index (χ3n) is 0.625. The lowest BCUT2D eigenvalue weighted by Crippen LogP contribution is -2.26. The minimum Gasteiger partial charge on any atom is -0.365 e. The Morgan fingerprint density at radius 2 is 2.17 bits per heavy atom. The Hall–Kier alpha value is -1.38. The van der Waals surface area contributed by atoms with Crippen LogP contribution in [-0.4, -0.2) is 18.9 Å². The minimum atomic E-state index is -4.15. The number of halogens is 3. The van der Waals surface area contributed by atoms with Crippen LogP contribution in [0.1, 0.15) is 6.92 Å². The van der Waals surface area contributed by atoms with Gasteiger partial charge in [-0.15, -0.1) is 0 Å². The molecule has 0 unspecified atom stereocenters. The third-order valence-corrected chi connectivity index (χ3v) is 0.625. The van der Waals surface area contributed by atoms with Gasteiger partial charge in [0.1, 0.15) is 6.11 Å². The molecule has 0 spiro atoms. The number of rotatable bonds is 2. The van der Waals surface area contributed by atoms with E-state index in [0.717, 1.165) is 0 Å². The molecule has 3 nitrogen and oxygen atoms in total. The lowest BCUT2D eigenvalue weighted by atomic mass is 10.7. The Kier molecular flexibility index (Phi) is 3.97. The largest absolute Gasteiger partial charge is 0.527 e. The van der Waals surface area contributed by atoms with E-state index in [1.165, 1.54) is 6.92 Å². The van der Waals surface area contributed by atoms with Crippen molar-refractivity contribution < 1.29 is 27.4 Å². The van der Waals surface area contributed by atoms with E-state index in [4.69, 9.17) is 0 Å². The molecule has 0 rings (SSSR count). The molecule has 0 aliphatic rings. The van der Waals surface area contributed by atoms with E-state index in [1.54, 1.807) is 6.11 Å². The van der Waals surface area contributed by atoms with Gasteiger partial charge in [-0.2, -0.15) is 8.78 Å². The van der Waals surface area contributed by atoms with Gasteiger partial charge in [0.25, 0.3) is 0 Å². The maximum atomic E-state index is 11.9. The van der Waals surface area contributed by atoms with E-state index in [-0.39, 0.29) is 0 Å². The molecule has 0 saturated carbocycles. The fraction of sp³-hybridized carbons (Fsp3) is 0.500. The van der Waals surface area contributed by atoms with Gasteiger partial charge in [0, 0.05) is 6.92 Å². The Bertz CT molecular complexity index is 216. The Labute approximate surface area is 66.4 Å². The van der Waals surface area contributed by atoms with Crippen LogP contribution in [0.3, 0.4) is 0 Å². The van der Waals surface area contributed by atoms with Gasteiger partial charge >= 0.3 is 12.3 Å². The molecule has 0 aromatic carbocycles. The molecule has 0 bridgehead atoms. The van der Waals surface area contributed by atoms with Crippen molar-refractivity contribution in [3.05, 3.63) is 0 Å². The number of carbonyl (C=O) groups excluding carboxylic acids is 1. The van der Waals surface area contributed by atoms with Gasteiger partial charge < -0.3 is 9.47 Å². The van der Waals surface area contributed by atoms with Crippen molar-refractivity contribution in [1.29, 1.82) is 0 Å². The zero-order valence-corrected chi connectivity index (χ0v) is 6.07. The molecule has 0 fully saturated rings. The minimum absolute atomic E-state index is 1.32. The van der Waals surface area contributed by atoms with Crippen LogP contribution in [0.4, 0.5) is 18.0 Å². The highest BCUT2D eigenvalue weighted by Crippen LogP contribution is 2.16. The van der Waals surface area contributed by atoms with Crippen LogP contribution in [0.15, 0.2) is 0 Å². The third kappa shape index (κ3) is 4.44. The average molecular weight is 182 g/mol. The zero-order chi connectivity index (χ0) is 9.61. The van der Waals surface area contributed by atoms with Crippen molar-refractivity contribution in [2.24, 2.45) is 0 Å².